The third-order valence-corrected chi connectivity index (χ3v) is 4.23. The van der Waals surface area contributed by atoms with E-state index in [1.807, 2.05) is 0 Å². The standard InChI is InChI=1S/C12H18BrNO3/c13-3-6-17-12(16)14(4-5-15)11-8-9-1-2-10(11)7-9/h5,9-11H,1-4,6-8H2. The summed E-state index contributed by atoms with van der Waals surface area (Å²) in [5, 5.41) is 0.629. The number of rotatable bonds is 5. The molecule has 2 bridgehead atoms. The van der Waals surface area contributed by atoms with Crippen molar-refractivity contribution in [2.45, 2.75) is 31.7 Å². The van der Waals surface area contributed by atoms with Crippen LogP contribution in [0.1, 0.15) is 25.7 Å². The van der Waals surface area contributed by atoms with Gasteiger partial charge in [0.05, 0.1) is 6.54 Å². The summed E-state index contributed by atoms with van der Waals surface area (Å²) in [7, 11) is 0. The molecule has 2 rings (SSSR count). The van der Waals surface area contributed by atoms with Gasteiger partial charge >= 0.3 is 6.09 Å². The van der Waals surface area contributed by atoms with Gasteiger partial charge in [0.2, 0.25) is 0 Å². The summed E-state index contributed by atoms with van der Waals surface area (Å²) in [6.07, 6.45) is 5.19. The normalized spacial score (nSPS) is 30.3. The first-order chi connectivity index (χ1) is 8.26. The molecule has 0 aromatic heterocycles. The van der Waals surface area contributed by atoms with Crippen LogP contribution in [0.3, 0.4) is 0 Å². The Morgan fingerprint density at radius 2 is 2.24 bits per heavy atom. The number of carbonyl (C=O) groups excluding carboxylic acids is 2. The number of amides is 1. The molecule has 96 valence electrons. The molecular formula is C12H18BrNO3. The summed E-state index contributed by atoms with van der Waals surface area (Å²) < 4.78 is 5.11. The van der Waals surface area contributed by atoms with Crippen LogP contribution < -0.4 is 0 Å². The molecule has 17 heavy (non-hydrogen) atoms. The van der Waals surface area contributed by atoms with Crippen molar-refractivity contribution in [3.05, 3.63) is 0 Å². The Morgan fingerprint density at radius 1 is 1.41 bits per heavy atom. The highest BCUT2D eigenvalue weighted by molar-refractivity contribution is 9.09. The van der Waals surface area contributed by atoms with Crippen molar-refractivity contribution in [3.63, 3.8) is 0 Å². The monoisotopic (exact) mass is 303 g/mol. The lowest BCUT2D eigenvalue weighted by Crippen LogP contribution is -2.44. The summed E-state index contributed by atoms with van der Waals surface area (Å²) >= 11 is 3.22. The molecule has 2 aliphatic rings. The summed E-state index contributed by atoms with van der Waals surface area (Å²) in [5.74, 6) is 1.33. The van der Waals surface area contributed by atoms with Gasteiger partial charge in [0, 0.05) is 11.4 Å². The predicted octanol–water partition coefficient (Wildman–Crippen LogP) is 2.21. The lowest BCUT2D eigenvalue weighted by atomic mass is 9.94. The van der Waals surface area contributed by atoms with Crippen LogP contribution in [-0.4, -0.2) is 41.8 Å². The van der Waals surface area contributed by atoms with Crippen molar-refractivity contribution >= 4 is 28.3 Å². The number of hydrogen-bond acceptors (Lipinski definition) is 3. The lowest BCUT2D eigenvalue weighted by Gasteiger charge is -2.32. The smallest absolute Gasteiger partial charge is 0.410 e. The van der Waals surface area contributed by atoms with Crippen LogP contribution in [0.15, 0.2) is 0 Å². The molecule has 0 aliphatic heterocycles. The first kappa shape index (κ1) is 12.9. The molecule has 2 saturated carbocycles. The number of carbonyl (C=O) groups is 2. The third kappa shape index (κ3) is 2.81. The Hall–Kier alpha value is -0.580. The minimum Gasteiger partial charge on any atom is -0.449 e. The van der Waals surface area contributed by atoms with E-state index in [9.17, 15) is 9.59 Å². The van der Waals surface area contributed by atoms with Gasteiger partial charge in [0.1, 0.15) is 12.9 Å². The fourth-order valence-electron chi connectivity index (χ4n) is 3.23. The number of aldehydes is 1. The van der Waals surface area contributed by atoms with E-state index in [1.165, 1.54) is 19.3 Å². The number of halogens is 1. The summed E-state index contributed by atoms with van der Waals surface area (Å²) in [5.41, 5.74) is 0. The molecule has 3 unspecified atom stereocenters. The zero-order valence-electron chi connectivity index (χ0n) is 9.81. The number of ether oxygens (including phenoxy) is 1. The minimum absolute atomic E-state index is 0.162. The van der Waals surface area contributed by atoms with Crippen LogP contribution in [0.5, 0.6) is 0 Å². The SMILES string of the molecule is O=CCN(C(=O)OCCBr)C1CC2CCC1C2. The van der Waals surface area contributed by atoms with Crippen LogP contribution in [0, 0.1) is 11.8 Å². The molecular weight excluding hydrogens is 286 g/mol. The molecule has 4 nitrogen and oxygen atoms in total. The number of nitrogens with zero attached hydrogens (tertiary/aromatic N) is 1. The van der Waals surface area contributed by atoms with Gasteiger partial charge in [-0.15, -0.1) is 0 Å². The second kappa shape index (κ2) is 5.85. The Balaban J connectivity index is 1.96. The topological polar surface area (TPSA) is 46.6 Å². The maximum absolute atomic E-state index is 11.9. The summed E-state index contributed by atoms with van der Waals surface area (Å²) in [4.78, 5) is 24.2. The van der Waals surface area contributed by atoms with Crippen molar-refractivity contribution in [1.82, 2.24) is 4.90 Å². The lowest BCUT2D eigenvalue weighted by molar-refractivity contribution is -0.109. The average Bonchev–Trinajstić information content (AvgIpc) is 2.95. The van der Waals surface area contributed by atoms with Crippen molar-refractivity contribution < 1.29 is 14.3 Å². The fraction of sp³-hybridized carbons (Fsp3) is 0.833. The van der Waals surface area contributed by atoms with E-state index in [0.717, 1.165) is 18.6 Å². The molecule has 0 aromatic carbocycles. The molecule has 0 N–H and O–H groups in total. The van der Waals surface area contributed by atoms with Crippen molar-refractivity contribution in [3.8, 4) is 0 Å². The van der Waals surface area contributed by atoms with Gasteiger partial charge in [0.25, 0.3) is 0 Å². The Labute approximate surface area is 110 Å². The highest BCUT2D eigenvalue weighted by Gasteiger charge is 2.44. The van der Waals surface area contributed by atoms with Gasteiger partial charge in [-0.2, -0.15) is 0 Å². The Bertz CT molecular complexity index is 297. The first-order valence-electron chi connectivity index (χ1n) is 6.19. The highest BCUT2D eigenvalue weighted by atomic mass is 79.9. The largest absolute Gasteiger partial charge is 0.449 e. The summed E-state index contributed by atoms with van der Waals surface area (Å²) in [6.45, 7) is 0.518. The van der Waals surface area contributed by atoms with Gasteiger partial charge in [-0.3, -0.25) is 4.90 Å². The maximum atomic E-state index is 11.9. The molecule has 0 radical (unpaired) electrons. The van der Waals surface area contributed by atoms with Crippen molar-refractivity contribution in [1.29, 1.82) is 0 Å². The third-order valence-electron chi connectivity index (χ3n) is 3.91. The molecule has 3 atom stereocenters. The fourth-order valence-corrected chi connectivity index (χ4v) is 3.39. The summed E-state index contributed by atoms with van der Waals surface area (Å²) in [6, 6.07) is 0.224. The second-order valence-electron chi connectivity index (χ2n) is 4.86. The van der Waals surface area contributed by atoms with Crippen LogP contribution in [0.2, 0.25) is 0 Å². The van der Waals surface area contributed by atoms with Gasteiger partial charge < -0.3 is 9.53 Å². The second-order valence-corrected chi connectivity index (χ2v) is 5.66. The van der Waals surface area contributed by atoms with E-state index in [0.29, 0.717) is 17.9 Å². The molecule has 2 fully saturated rings. The van der Waals surface area contributed by atoms with E-state index >= 15 is 0 Å². The van der Waals surface area contributed by atoms with Crippen LogP contribution in [-0.2, 0) is 9.53 Å². The Kier molecular flexibility index (Phi) is 4.42. The maximum Gasteiger partial charge on any atom is 0.410 e. The van der Waals surface area contributed by atoms with E-state index < -0.39 is 0 Å². The van der Waals surface area contributed by atoms with E-state index in [-0.39, 0.29) is 18.7 Å². The zero-order valence-corrected chi connectivity index (χ0v) is 11.4. The molecule has 0 spiro atoms. The molecule has 2 aliphatic carbocycles. The molecule has 1 amide bonds. The molecule has 5 heteroatoms. The molecule has 0 saturated heterocycles. The number of alkyl halides is 1. The molecule has 0 aromatic rings. The van der Waals surface area contributed by atoms with Gasteiger partial charge in [0.15, 0.2) is 0 Å². The first-order valence-corrected chi connectivity index (χ1v) is 7.31. The predicted molar refractivity (Wildman–Crippen MR) is 67.1 cm³/mol. The van der Waals surface area contributed by atoms with Crippen molar-refractivity contribution in [2.75, 3.05) is 18.5 Å². The van der Waals surface area contributed by atoms with Crippen molar-refractivity contribution in [2.24, 2.45) is 11.8 Å². The Morgan fingerprint density at radius 3 is 2.76 bits per heavy atom. The number of fused-ring (bicyclic) bond motifs is 2. The van der Waals surface area contributed by atoms with Crippen LogP contribution in [0.25, 0.3) is 0 Å². The van der Waals surface area contributed by atoms with E-state index in [4.69, 9.17) is 4.74 Å². The highest BCUT2D eigenvalue weighted by Crippen LogP contribution is 2.46. The minimum atomic E-state index is -0.339. The number of hydrogen-bond donors (Lipinski definition) is 0. The van der Waals surface area contributed by atoms with Gasteiger partial charge in [-0.1, -0.05) is 22.4 Å². The van der Waals surface area contributed by atoms with E-state index in [1.54, 1.807) is 4.90 Å². The zero-order chi connectivity index (χ0) is 12.3. The molecule has 0 heterocycles. The van der Waals surface area contributed by atoms with Crippen LogP contribution in [0.4, 0.5) is 4.79 Å². The van der Waals surface area contributed by atoms with E-state index in [2.05, 4.69) is 15.9 Å². The van der Waals surface area contributed by atoms with Gasteiger partial charge in [-0.25, -0.2) is 4.79 Å². The quantitative estimate of drug-likeness (QED) is 0.578. The van der Waals surface area contributed by atoms with Gasteiger partial charge in [-0.05, 0) is 31.1 Å². The van der Waals surface area contributed by atoms with Crippen LogP contribution >= 0.6 is 15.9 Å². The average molecular weight is 304 g/mol.